The summed E-state index contributed by atoms with van der Waals surface area (Å²) in [7, 11) is 0. The zero-order valence-electron chi connectivity index (χ0n) is 8.39. The molecule has 1 unspecified atom stereocenters. The van der Waals surface area contributed by atoms with Gasteiger partial charge in [-0.05, 0) is 35.4 Å². The number of nitrogens with one attached hydrogen (secondary N) is 2. The van der Waals surface area contributed by atoms with Gasteiger partial charge in [0.2, 0.25) is 0 Å². The van der Waals surface area contributed by atoms with Crippen LogP contribution >= 0.6 is 34.2 Å². The molecule has 0 radical (unpaired) electrons. The molecule has 0 aliphatic heterocycles. The average molecular weight is 342 g/mol. The minimum atomic E-state index is -0.119. The van der Waals surface area contributed by atoms with E-state index < -0.39 is 0 Å². The van der Waals surface area contributed by atoms with Gasteiger partial charge < -0.3 is 10.3 Å². The molecular formula is C9H13ClIN3O. The Morgan fingerprint density at radius 1 is 1.73 bits per heavy atom. The number of hydrogen-bond acceptors (Lipinski definition) is 3. The molecule has 0 aliphatic rings. The first kappa shape index (κ1) is 12.8. The van der Waals surface area contributed by atoms with Gasteiger partial charge in [0, 0.05) is 11.9 Å². The van der Waals surface area contributed by atoms with Crippen molar-refractivity contribution < 1.29 is 0 Å². The van der Waals surface area contributed by atoms with E-state index >= 15 is 0 Å². The summed E-state index contributed by atoms with van der Waals surface area (Å²) in [4.78, 5) is 17.8. The van der Waals surface area contributed by atoms with Crippen molar-refractivity contribution in [2.75, 3.05) is 11.9 Å². The minimum absolute atomic E-state index is 0.119. The third-order valence-electron chi connectivity index (χ3n) is 1.99. The first-order chi connectivity index (χ1) is 7.15. The Balaban J connectivity index is 2.51. The molecule has 1 atom stereocenters. The number of hydrogen-bond donors (Lipinski definition) is 2. The molecule has 0 aromatic carbocycles. The highest BCUT2D eigenvalue weighted by molar-refractivity contribution is 14.1. The molecule has 6 heteroatoms. The summed E-state index contributed by atoms with van der Waals surface area (Å²) in [5.41, 5.74) is -0.119. The van der Waals surface area contributed by atoms with Crippen LogP contribution in [0.4, 0.5) is 5.82 Å². The topological polar surface area (TPSA) is 57.8 Å². The van der Waals surface area contributed by atoms with Gasteiger partial charge in [-0.3, -0.25) is 4.79 Å². The number of anilines is 1. The minimum Gasteiger partial charge on any atom is -0.369 e. The van der Waals surface area contributed by atoms with Gasteiger partial charge in [-0.2, -0.15) is 0 Å². The second-order valence-electron chi connectivity index (χ2n) is 3.12. The highest BCUT2D eigenvalue weighted by atomic mass is 127. The smallest absolute Gasteiger partial charge is 0.266 e. The van der Waals surface area contributed by atoms with E-state index in [1.165, 1.54) is 6.33 Å². The van der Waals surface area contributed by atoms with E-state index in [1.807, 2.05) is 29.5 Å². The average Bonchev–Trinajstić information content (AvgIpc) is 2.24. The molecule has 0 aliphatic carbocycles. The number of alkyl halides is 1. The molecule has 0 saturated carbocycles. The van der Waals surface area contributed by atoms with Crippen LogP contribution in [0.5, 0.6) is 0 Å². The summed E-state index contributed by atoms with van der Waals surface area (Å²) >= 11 is 7.94. The van der Waals surface area contributed by atoms with Crippen LogP contribution in [0.25, 0.3) is 0 Å². The molecule has 4 nitrogen and oxygen atoms in total. The second kappa shape index (κ2) is 6.32. The van der Waals surface area contributed by atoms with E-state index in [0.29, 0.717) is 9.39 Å². The van der Waals surface area contributed by atoms with Crippen LogP contribution in [0.2, 0.25) is 0 Å². The molecule has 0 bridgehead atoms. The van der Waals surface area contributed by atoms with Crippen LogP contribution in [-0.2, 0) is 0 Å². The van der Waals surface area contributed by atoms with Crippen LogP contribution in [0.3, 0.4) is 0 Å². The molecule has 1 rings (SSSR count). The number of halogens is 2. The highest BCUT2D eigenvalue weighted by Gasteiger charge is 2.05. The first-order valence-corrected chi connectivity index (χ1v) is 6.27. The van der Waals surface area contributed by atoms with Gasteiger partial charge >= 0.3 is 0 Å². The monoisotopic (exact) mass is 341 g/mol. The number of H-pyrrole nitrogens is 1. The van der Waals surface area contributed by atoms with Gasteiger partial charge in [0.25, 0.3) is 5.56 Å². The Bertz CT molecular complexity index is 369. The zero-order chi connectivity index (χ0) is 11.3. The van der Waals surface area contributed by atoms with Gasteiger partial charge in [-0.1, -0.05) is 6.92 Å². The molecule has 0 amide bonds. The van der Waals surface area contributed by atoms with Gasteiger partial charge in [0.15, 0.2) is 0 Å². The maximum Gasteiger partial charge on any atom is 0.266 e. The lowest BCUT2D eigenvalue weighted by Gasteiger charge is -2.08. The van der Waals surface area contributed by atoms with Gasteiger partial charge in [0.05, 0.1) is 6.33 Å². The zero-order valence-corrected chi connectivity index (χ0v) is 11.3. The number of aromatic amines is 1. The maximum absolute atomic E-state index is 11.2. The molecular weight excluding hydrogens is 328 g/mol. The van der Waals surface area contributed by atoms with Crippen LogP contribution in [0.1, 0.15) is 19.8 Å². The van der Waals surface area contributed by atoms with Crippen molar-refractivity contribution in [1.29, 1.82) is 0 Å². The third kappa shape index (κ3) is 3.98. The van der Waals surface area contributed by atoms with Crippen LogP contribution in [-0.4, -0.2) is 21.9 Å². The highest BCUT2D eigenvalue weighted by Crippen LogP contribution is 2.10. The van der Waals surface area contributed by atoms with E-state index in [1.54, 1.807) is 0 Å². The lowest BCUT2D eigenvalue weighted by molar-refractivity contribution is 0.751. The van der Waals surface area contributed by atoms with Crippen LogP contribution in [0.15, 0.2) is 11.1 Å². The maximum atomic E-state index is 11.2. The predicted octanol–water partition coefficient (Wildman–Crippen LogP) is 2.19. The summed E-state index contributed by atoms with van der Waals surface area (Å²) in [6, 6.07) is 0. The quantitative estimate of drug-likeness (QED) is 0.637. The van der Waals surface area contributed by atoms with E-state index in [0.717, 1.165) is 19.4 Å². The Morgan fingerprint density at radius 3 is 3.13 bits per heavy atom. The van der Waals surface area contributed by atoms with E-state index in [-0.39, 0.29) is 10.9 Å². The predicted molar refractivity (Wildman–Crippen MR) is 70.6 cm³/mol. The third-order valence-corrected chi connectivity index (χ3v) is 3.52. The molecule has 1 aromatic rings. The lowest BCUT2D eigenvalue weighted by Crippen LogP contribution is -2.16. The number of nitrogens with zero attached hydrogens (tertiary/aromatic N) is 1. The molecule has 2 N–H and O–H groups in total. The molecule has 15 heavy (non-hydrogen) atoms. The van der Waals surface area contributed by atoms with Crippen LogP contribution in [0, 0.1) is 3.57 Å². The van der Waals surface area contributed by atoms with Crippen molar-refractivity contribution in [3.05, 3.63) is 20.3 Å². The van der Waals surface area contributed by atoms with Gasteiger partial charge in [-0.15, -0.1) is 11.6 Å². The second-order valence-corrected chi connectivity index (χ2v) is 4.81. The van der Waals surface area contributed by atoms with Crippen molar-refractivity contribution in [3.8, 4) is 0 Å². The number of rotatable bonds is 5. The fourth-order valence-corrected chi connectivity index (χ4v) is 1.65. The van der Waals surface area contributed by atoms with Crippen molar-refractivity contribution in [1.82, 2.24) is 9.97 Å². The molecule has 0 spiro atoms. The first-order valence-electron chi connectivity index (χ1n) is 4.76. The Kier molecular flexibility index (Phi) is 5.38. The normalized spacial score (nSPS) is 12.5. The summed E-state index contributed by atoms with van der Waals surface area (Å²) in [6.07, 6.45) is 3.20. The standard InChI is InChI=1S/C9H13ClIN3O/c1-2-6(10)3-4-12-8-7(11)9(15)14-5-13-8/h5-6H,2-4H2,1H3,(H2,12,13,14,15). The largest absolute Gasteiger partial charge is 0.369 e. The molecule has 0 fully saturated rings. The van der Waals surface area contributed by atoms with Crippen molar-refractivity contribution in [2.24, 2.45) is 0 Å². The Morgan fingerprint density at radius 2 is 2.47 bits per heavy atom. The molecule has 84 valence electrons. The van der Waals surface area contributed by atoms with E-state index in [2.05, 4.69) is 15.3 Å². The van der Waals surface area contributed by atoms with Crippen molar-refractivity contribution in [3.63, 3.8) is 0 Å². The summed E-state index contributed by atoms with van der Waals surface area (Å²) in [5.74, 6) is 0.624. The Hall–Kier alpha value is -0.300. The van der Waals surface area contributed by atoms with E-state index in [9.17, 15) is 4.79 Å². The lowest BCUT2D eigenvalue weighted by atomic mass is 10.2. The van der Waals surface area contributed by atoms with Crippen molar-refractivity contribution in [2.45, 2.75) is 25.1 Å². The van der Waals surface area contributed by atoms with Crippen LogP contribution < -0.4 is 10.9 Å². The van der Waals surface area contributed by atoms with Crippen molar-refractivity contribution >= 4 is 40.0 Å². The SMILES string of the molecule is CCC(Cl)CCNc1nc[nH]c(=O)c1I. The summed E-state index contributed by atoms with van der Waals surface area (Å²) < 4.78 is 0.581. The number of aromatic nitrogens is 2. The fraction of sp³-hybridized carbons (Fsp3) is 0.556. The molecule has 1 heterocycles. The molecule has 1 aromatic heterocycles. The fourth-order valence-electron chi connectivity index (χ4n) is 1.06. The van der Waals surface area contributed by atoms with Gasteiger partial charge in [0.1, 0.15) is 9.39 Å². The summed E-state index contributed by atoms with van der Waals surface area (Å²) in [5, 5.41) is 3.27. The molecule has 0 saturated heterocycles. The summed E-state index contributed by atoms with van der Waals surface area (Å²) in [6.45, 7) is 2.78. The van der Waals surface area contributed by atoms with E-state index in [4.69, 9.17) is 11.6 Å². The Labute approximate surface area is 107 Å². The van der Waals surface area contributed by atoms with Gasteiger partial charge in [-0.25, -0.2) is 4.98 Å².